The van der Waals surface area contributed by atoms with Crippen LogP contribution in [0.15, 0.2) is 0 Å². The van der Waals surface area contributed by atoms with Gasteiger partial charge in [0.25, 0.3) is 0 Å². The van der Waals surface area contributed by atoms with Crippen LogP contribution in [-0.4, -0.2) is 55.5 Å². The van der Waals surface area contributed by atoms with Crippen molar-refractivity contribution in [1.82, 2.24) is 9.21 Å². The second-order valence-electron chi connectivity index (χ2n) is 7.66. The van der Waals surface area contributed by atoms with Gasteiger partial charge in [-0.3, -0.25) is 4.79 Å². The monoisotopic (exact) mass is 358 g/mol. The second-order valence-corrected chi connectivity index (χ2v) is 9.59. The van der Waals surface area contributed by atoms with Gasteiger partial charge in [-0.05, 0) is 24.7 Å². The molecule has 1 heterocycles. The van der Waals surface area contributed by atoms with Gasteiger partial charge in [-0.2, -0.15) is 4.31 Å². The number of sulfonamides is 1. The van der Waals surface area contributed by atoms with E-state index in [1.165, 1.54) is 38.4 Å². The van der Waals surface area contributed by atoms with Crippen LogP contribution in [0.1, 0.15) is 65.2 Å². The quantitative estimate of drug-likeness (QED) is 0.733. The standard InChI is InChI=1S/C18H34N2O3S/c1-4-20(24(3,22)23)17-10-12-19(13-11-17)18(21)14-15(2)16-8-6-5-7-9-16/h15-17H,4-14H2,1-3H3. The Bertz CT molecular complexity index is 506. The van der Waals surface area contributed by atoms with Crippen molar-refractivity contribution in [3.05, 3.63) is 0 Å². The van der Waals surface area contributed by atoms with E-state index in [0.29, 0.717) is 37.9 Å². The lowest BCUT2D eigenvalue weighted by Gasteiger charge is -2.37. The fraction of sp³-hybridized carbons (Fsp3) is 0.944. The number of nitrogens with zero attached hydrogens (tertiary/aromatic N) is 2. The average Bonchev–Trinajstić information content (AvgIpc) is 2.55. The van der Waals surface area contributed by atoms with Gasteiger partial charge in [0.2, 0.25) is 15.9 Å². The fourth-order valence-corrected chi connectivity index (χ4v) is 5.66. The first-order valence-electron chi connectivity index (χ1n) is 9.57. The number of piperidine rings is 1. The molecule has 0 aromatic heterocycles. The molecule has 2 aliphatic rings. The number of carbonyl (C=O) groups excluding carboxylic acids is 1. The second kappa shape index (κ2) is 8.65. The molecule has 24 heavy (non-hydrogen) atoms. The van der Waals surface area contributed by atoms with E-state index in [4.69, 9.17) is 0 Å². The number of hydrogen-bond donors (Lipinski definition) is 0. The maximum atomic E-state index is 12.6. The highest BCUT2D eigenvalue weighted by Gasteiger charge is 2.31. The first-order valence-corrected chi connectivity index (χ1v) is 11.4. The number of rotatable bonds is 6. The predicted octanol–water partition coefficient (Wildman–Crippen LogP) is 2.87. The third kappa shape index (κ3) is 5.19. The van der Waals surface area contributed by atoms with Crippen LogP contribution in [0.25, 0.3) is 0 Å². The van der Waals surface area contributed by atoms with Crippen molar-refractivity contribution in [1.29, 1.82) is 0 Å². The molecule has 1 amide bonds. The number of likely N-dealkylation sites (tertiary alicyclic amines) is 1. The summed E-state index contributed by atoms with van der Waals surface area (Å²) in [6.45, 7) is 5.99. The molecule has 0 radical (unpaired) electrons. The maximum Gasteiger partial charge on any atom is 0.222 e. The van der Waals surface area contributed by atoms with Gasteiger partial charge in [-0.25, -0.2) is 8.42 Å². The Morgan fingerprint density at radius 3 is 2.21 bits per heavy atom. The molecule has 1 atom stereocenters. The van der Waals surface area contributed by atoms with Gasteiger partial charge >= 0.3 is 0 Å². The number of hydrogen-bond acceptors (Lipinski definition) is 3. The Labute approximate surface area is 147 Å². The van der Waals surface area contributed by atoms with E-state index in [0.717, 1.165) is 12.8 Å². The third-order valence-corrected chi connectivity index (χ3v) is 7.32. The van der Waals surface area contributed by atoms with Crippen LogP contribution in [0.2, 0.25) is 0 Å². The first kappa shape index (κ1) is 19.7. The van der Waals surface area contributed by atoms with Crippen LogP contribution in [0, 0.1) is 11.8 Å². The van der Waals surface area contributed by atoms with Crippen LogP contribution in [0.5, 0.6) is 0 Å². The molecule has 0 N–H and O–H groups in total. The Balaban J connectivity index is 1.81. The molecule has 0 bridgehead atoms. The van der Waals surface area contributed by atoms with Crippen molar-refractivity contribution in [2.24, 2.45) is 11.8 Å². The molecule has 2 rings (SSSR count). The summed E-state index contributed by atoms with van der Waals surface area (Å²) in [7, 11) is -3.16. The lowest BCUT2D eigenvalue weighted by atomic mass is 9.79. The van der Waals surface area contributed by atoms with E-state index in [1.54, 1.807) is 4.31 Å². The van der Waals surface area contributed by atoms with Crippen molar-refractivity contribution < 1.29 is 13.2 Å². The summed E-state index contributed by atoms with van der Waals surface area (Å²) < 4.78 is 25.3. The van der Waals surface area contributed by atoms with Crippen LogP contribution >= 0.6 is 0 Å². The van der Waals surface area contributed by atoms with E-state index < -0.39 is 10.0 Å². The van der Waals surface area contributed by atoms with Crippen molar-refractivity contribution in [3.63, 3.8) is 0 Å². The fourth-order valence-electron chi connectivity index (χ4n) is 4.44. The normalized spacial score (nSPS) is 22.8. The zero-order valence-electron chi connectivity index (χ0n) is 15.5. The van der Waals surface area contributed by atoms with Crippen LogP contribution in [0.4, 0.5) is 0 Å². The third-order valence-electron chi connectivity index (χ3n) is 5.91. The Morgan fingerprint density at radius 2 is 1.71 bits per heavy atom. The summed E-state index contributed by atoms with van der Waals surface area (Å²) in [5.41, 5.74) is 0. The topological polar surface area (TPSA) is 57.7 Å². The molecule has 0 aromatic rings. The lowest BCUT2D eigenvalue weighted by molar-refractivity contribution is -0.133. The van der Waals surface area contributed by atoms with Crippen LogP contribution in [0.3, 0.4) is 0 Å². The van der Waals surface area contributed by atoms with Crippen molar-refractivity contribution in [2.45, 2.75) is 71.3 Å². The van der Waals surface area contributed by atoms with Gasteiger partial charge in [0.05, 0.1) is 6.26 Å². The summed E-state index contributed by atoms with van der Waals surface area (Å²) in [4.78, 5) is 14.5. The van der Waals surface area contributed by atoms with E-state index in [1.807, 2.05) is 11.8 Å². The van der Waals surface area contributed by atoms with Crippen molar-refractivity contribution in [3.8, 4) is 0 Å². The van der Waals surface area contributed by atoms with Crippen LogP contribution in [-0.2, 0) is 14.8 Å². The zero-order chi connectivity index (χ0) is 17.7. The highest BCUT2D eigenvalue weighted by molar-refractivity contribution is 7.88. The molecule has 0 aromatic carbocycles. The van der Waals surface area contributed by atoms with E-state index >= 15 is 0 Å². The average molecular weight is 359 g/mol. The molecule has 1 saturated carbocycles. The van der Waals surface area contributed by atoms with E-state index in [2.05, 4.69) is 6.92 Å². The molecule has 0 spiro atoms. The SMILES string of the molecule is CCN(C1CCN(C(=O)CC(C)C2CCCCC2)CC1)S(C)(=O)=O. The van der Waals surface area contributed by atoms with Gasteiger partial charge in [0.15, 0.2) is 0 Å². The van der Waals surface area contributed by atoms with Gasteiger partial charge in [0, 0.05) is 32.1 Å². The zero-order valence-corrected chi connectivity index (χ0v) is 16.4. The smallest absolute Gasteiger partial charge is 0.222 e. The Hall–Kier alpha value is -0.620. The minimum Gasteiger partial charge on any atom is -0.343 e. The van der Waals surface area contributed by atoms with E-state index in [-0.39, 0.29) is 11.9 Å². The van der Waals surface area contributed by atoms with Gasteiger partial charge in [0.1, 0.15) is 0 Å². The molecular formula is C18H34N2O3S. The first-order chi connectivity index (χ1) is 11.3. The number of carbonyl (C=O) groups is 1. The predicted molar refractivity (Wildman–Crippen MR) is 97.2 cm³/mol. The highest BCUT2D eigenvalue weighted by Crippen LogP contribution is 2.32. The highest BCUT2D eigenvalue weighted by atomic mass is 32.2. The van der Waals surface area contributed by atoms with Gasteiger partial charge in [-0.1, -0.05) is 46.0 Å². The minimum absolute atomic E-state index is 0.0461. The summed E-state index contributed by atoms with van der Waals surface area (Å²) >= 11 is 0. The molecule has 1 aliphatic heterocycles. The molecule has 5 nitrogen and oxygen atoms in total. The van der Waals surface area contributed by atoms with Gasteiger partial charge < -0.3 is 4.90 Å². The van der Waals surface area contributed by atoms with Gasteiger partial charge in [-0.15, -0.1) is 0 Å². The van der Waals surface area contributed by atoms with E-state index in [9.17, 15) is 13.2 Å². The summed E-state index contributed by atoms with van der Waals surface area (Å²) in [6, 6.07) is 0.0461. The molecule has 1 aliphatic carbocycles. The molecule has 1 saturated heterocycles. The summed E-state index contributed by atoms with van der Waals surface area (Å²) in [6.07, 6.45) is 9.96. The maximum absolute atomic E-state index is 12.6. The number of amides is 1. The Kier molecular flexibility index (Phi) is 7.10. The Morgan fingerprint density at radius 1 is 1.12 bits per heavy atom. The van der Waals surface area contributed by atoms with Crippen molar-refractivity contribution >= 4 is 15.9 Å². The molecule has 6 heteroatoms. The summed E-state index contributed by atoms with van der Waals surface area (Å²) in [5.74, 6) is 1.44. The molecule has 1 unspecified atom stereocenters. The van der Waals surface area contributed by atoms with Crippen LogP contribution < -0.4 is 0 Å². The van der Waals surface area contributed by atoms with Crippen molar-refractivity contribution in [2.75, 3.05) is 25.9 Å². The lowest BCUT2D eigenvalue weighted by Crippen LogP contribution is -2.48. The molecule has 140 valence electrons. The largest absolute Gasteiger partial charge is 0.343 e. The minimum atomic E-state index is -3.16. The summed E-state index contributed by atoms with van der Waals surface area (Å²) in [5, 5.41) is 0. The molecular weight excluding hydrogens is 324 g/mol. The molecule has 2 fully saturated rings.